The lowest BCUT2D eigenvalue weighted by Gasteiger charge is -2.09. The Morgan fingerprint density at radius 2 is 1.74 bits per heavy atom. The van der Waals surface area contributed by atoms with E-state index in [1.54, 1.807) is 6.07 Å². The maximum absolute atomic E-state index is 12.8. The van der Waals surface area contributed by atoms with E-state index in [2.05, 4.69) is 5.32 Å². The Labute approximate surface area is 175 Å². The van der Waals surface area contributed by atoms with Gasteiger partial charge in [-0.05, 0) is 35.0 Å². The normalized spacial score (nSPS) is 10.7. The predicted octanol–water partition coefficient (Wildman–Crippen LogP) is 1.98. The second-order valence-electron chi connectivity index (χ2n) is 6.64. The van der Waals surface area contributed by atoms with Crippen molar-refractivity contribution in [2.45, 2.75) is 0 Å². The lowest BCUT2D eigenvalue weighted by atomic mass is 10.1. The van der Waals surface area contributed by atoms with E-state index in [-0.39, 0.29) is 27.9 Å². The fourth-order valence-corrected chi connectivity index (χ4v) is 2.98. The number of amides is 1. The largest absolute Gasteiger partial charge is 0.548 e. The molecule has 0 unspecified atom stereocenters. The molecular formula is C23H16NO7-. The fraction of sp³-hybridized carbons (Fsp3) is 0.0870. The van der Waals surface area contributed by atoms with Crippen LogP contribution in [-0.2, 0) is 9.59 Å². The van der Waals surface area contributed by atoms with Crippen molar-refractivity contribution < 1.29 is 28.6 Å². The lowest BCUT2D eigenvalue weighted by Crippen LogP contribution is -2.39. The van der Waals surface area contributed by atoms with Crippen LogP contribution in [0.2, 0.25) is 0 Å². The van der Waals surface area contributed by atoms with Crippen LogP contribution in [0, 0.1) is 0 Å². The molecule has 156 valence electrons. The number of hydrogen-bond acceptors (Lipinski definition) is 7. The molecule has 0 saturated carbocycles. The van der Waals surface area contributed by atoms with Gasteiger partial charge >= 0.3 is 0 Å². The topological polar surface area (TPSA) is 118 Å². The number of nitrogens with one attached hydrogen (secondary N) is 1. The molecule has 1 heterocycles. The van der Waals surface area contributed by atoms with Crippen LogP contribution in [0.4, 0.5) is 0 Å². The number of carbonyl (C=O) groups is 2. The van der Waals surface area contributed by atoms with Crippen molar-refractivity contribution in [3.05, 3.63) is 77.2 Å². The average molecular weight is 418 g/mol. The van der Waals surface area contributed by atoms with Crippen LogP contribution in [0.3, 0.4) is 0 Å². The molecule has 0 aliphatic rings. The molecule has 8 nitrogen and oxygen atoms in total. The highest BCUT2D eigenvalue weighted by molar-refractivity contribution is 5.84. The van der Waals surface area contributed by atoms with Crippen LogP contribution in [0.5, 0.6) is 17.2 Å². The van der Waals surface area contributed by atoms with Gasteiger partial charge in [0.25, 0.3) is 5.91 Å². The Morgan fingerprint density at radius 3 is 2.55 bits per heavy atom. The molecule has 3 aromatic carbocycles. The van der Waals surface area contributed by atoms with Gasteiger partial charge in [-0.1, -0.05) is 30.3 Å². The van der Waals surface area contributed by atoms with Gasteiger partial charge in [-0.2, -0.15) is 0 Å². The number of rotatable bonds is 7. The number of ether oxygens (including phenoxy) is 2. The first-order valence-electron chi connectivity index (χ1n) is 9.31. The van der Waals surface area contributed by atoms with Crippen LogP contribution in [-0.4, -0.2) is 25.0 Å². The second-order valence-corrected chi connectivity index (χ2v) is 6.64. The van der Waals surface area contributed by atoms with E-state index in [9.17, 15) is 19.5 Å². The predicted molar refractivity (Wildman–Crippen MR) is 110 cm³/mol. The number of fused-ring (bicyclic) bond motifs is 2. The zero-order chi connectivity index (χ0) is 21.8. The summed E-state index contributed by atoms with van der Waals surface area (Å²) in [6.07, 6.45) is 1.22. The first kappa shape index (κ1) is 20.0. The molecule has 1 aromatic heterocycles. The molecular weight excluding hydrogens is 402 g/mol. The summed E-state index contributed by atoms with van der Waals surface area (Å²) in [6, 6.07) is 17.8. The maximum Gasteiger partial charge on any atom is 0.258 e. The van der Waals surface area contributed by atoms with Crippen LogP contribution < -0.4 is 25.3 Å². The van der Waals surface area contributed by atoms with Crippen molar-refractivity contribution in [3.63, 3.8) is 0 Å². The second kappa shape index (κ2) is 8.58. The molecule has 0 fully saturated rings. The summed E-state index contributed by atoms with van der Waals surface area (Å²) in [6.45, 7) is -0.999. The van der Waals surface area contributed by atoms with E-state index < -0.39 is 25.0 Å². The summed E-state index contributed by atoms with van der Waals surface area (Å²) in [5, 5.41) is 14.8. The zero-order valence-electron chi connectivity index (χ0n) is 16.1. The average Bonchev–Trinajstić information content (AvgIpc) is 2.78. The van der Waals surface area contributed by atoms with E-state index >= 15 is 0 Å². The Morgan fingerprint density at radius 1 is 0.968 bits per heavy atom. The third kappa shape index (κ3) is 4.64. The number of hydrogen-bond donors (Lipinski definition) is 1. The molecule has 0 aliphatic carbocycles. The molecule has 0 spiro atoms. The summed E-state index contributed by atoms with van der Waals surface area (Å²) in [4.78, 5) is 34.6. The van der Waals surface area contributed by atoms with Gasteiger partial charge in [-0.15, -0.1) is 0 Å². The standard InChI is InChI=1S/C23H17NO7/c25-21(24-11-22(26)27)13-29-16-7-8-18-19(10-16)30-12-20(23(18)28)31-17-6-5-14-3-1-2-4-15(14)9-17/h1-10,12H,11,13H2,(H,24,25)(H,26,27)/p-1. The van der Waals surface area contributed by atoms with Crippen molar-refractivity contribution in [1.82, 2.24) is 5.32 Å². The molecule has 4 aromatic rings. The zero-order valence-corrected chi connectivity index (χ0v) is 16.1. The maximum atomic E-state index is 12.8. The van der Waals surface area contributed by atoms with Gasteiger partial charge in [0.15, 0.2) is 6.61 Å². The minimum atomic E-state index is -1.40. The van der Waals surface area contributed by atoms with Crippen LogP contribution in [0.25, 0.3) is 21.7 Å². The smallest absolute Gasteiger partial charge is 0.258 e. The van der Waals surface area contributed by atoms with Crippen LogP contribution in [0.1, 0.15) is 0 Å². The first-order chi connectivity index (χ1) is 15.0. The molecule has 0 aliphatic heterocycles. The quantitative estimate of drug-likeness (QED) is 0.488. The lowest BCUT2D eigenvalue weighted by molar-refractivity contribution is -0.304. The molecule has 0 atom stereocenters. The van der Waals surface area contributed by atoms with E-state index in [1.807, 2.05) is 36.4 Å². The highest BCUT2D eigenvalue weighted by Crippen LogP contribution is 2.26. The molecule has 0 radical (unpaired) electrons. The van der Waals surface area contributed by atoms with Crippen LogP contribution in [0.15, 0.2) is 76.1 Å². The number of carbonyl (C=O) groups excluding carboxylic acids is 2. The monoisotopic (exact) mass is 418 g/mol. The molecule has 0 bridgehead atoms. The van der Waals surface area contributed by atoms with Gasteiger partial charge < -0.3 is 29.1 Å². The van der Waals surface area contributed by atoms with Gasteiger partial charge in [-0.25, -0.2) is 0 Å². The van der Waals surface area contributed by atoms with Gasteiger partial charge in [0.2, 0.25) is 11.2 Å². The SMILES string of the molecule is O=C([O-])CNC(=O)COc1ccc2c(=O)c(Oc3ccc4ccccc4c3)coc2c1. The Hall–Kier alpha value is -4.33. The summed E-state index contributed by atoms with van der Waals surface area (Å²) < 4.78 is 16.6. The van der Waals surface area contributed by atoms with Gasteiger partial charge in [0.05, 0.1) is 17.9 Å². The van der Waals surface area contributed by atoms with Gasteiger partial charge in [-0.3, -0.25) is 9.59 Å². The van der Waals surface area contributed by atoms with E-state index in [1.165, 1.54) is 24.5 Å². The number of benzene rings is 3. The molecule has 0 saturated heterocycles. The number of aliphatic carboxylic acids is 1. The van der Waals surface area contributed by atoms with Crippen molar-refractivity contribution in [2.24, 2.45) is 0 Å². The van der Waals surface area contributed by atoms with E-state index in [4.69, 9.17) is 13.9 Å². The molecule has 1 N–H and O–H groups in total. The third-order valence-corrected chi connectivity index (χ3v) is 4.46. The highest BCUT2D eigenvalue weighted by atomic mass is 16.5. The van der Waals surface area contributed by atoms with E-state index in [0.29, 0.717) is 5.75 Å². The highest BCUT2D eigenvalue weighted by Gasteiger charge is 2.11. The van der Waals surface area contributed by atoms with Crippen molar-refractivity contribution in [2.75, 3.05) is 13.2 Å². The third-order valence-electron chi connectivity index (χ3n) is 4.46. The summed E-state index contributed by atoms with van der Waals surface area (Å²) in [5.74, 6) is -1.19. The van der Waals surface area contributed by atoms with Gasteiger partial charge in [0, 0.05) is 6.07 Å². The molecule has 31 heavy (non-hydrogen) atoms. The van der Waals surface area contributed by atoms with E-state index in [0.717, 1.165) is 10.8 Å². The van der Waals surface area contributed by atoms with Crippen molar-refractivity contribution in [3.8, 4) is 17.2 Å². The van der Waals surface area contributed by atoms with Gasteiger partial charge in [0.1, 0.15) is 23.3 Å². The Bertz CT molecular complexity index is 1340. The minimum Gasteiger partial charge on any atom is -0.548 e. The Balaban J connectivity index is 1.51. The summed E-state index contributed by atoms with van der Waals surface area (Å²) in [7, 11) is 0. The van der Waals surface area contributed by atoms with Crippen molar-refractivity contribution in [1.29, 1.82) is 0 Å². The molecule has 1 amide bonds. The Kier molecular flexibility index (Phi) is 5.53. The summed E-state index contributed by atoms with van der Waals surface area (Å²) in [5.41, 5.74) is -0.101. The molecule has 8 heteroatoms. The first-order valence-corrected chi connectivity index (χ1v) is 9.31. The number of carboxylic acids is 1. The van der Waals surface area contributed by atoms with Crippen molar-refractivity contribution >= 4 is 33.6 Å². The van der Waals surface area contributed by atoms with Crippen LogP contribution >= 0.6 is 0 Å². The fourth-order valence-electron chi connectivity index (χ4n) is 2.98. The molecule has 4 rings (SSSR count). The minimum absolute atomic E-state index is 0.0399. The summed E-state index contributed by atoms with van der Waals surface area (Å²) >= 11 is 0. The number of carboxylic acid groups (broad SMARTS) is 1.